The molecule has 80 valence electrons. The highest BCUT2D eigenvalue weighted by Gasteiger charge is 2.08. The first-order valence-electron chi connectivity index (χ1n) is 4.70. The average molecular weight is 224 g/mol. The maximum Gasteiger partial charge on any atom is 0.232 e. The fourth-order valence-electron chi connectivity index (χ4n) is 1.15. The van der Waals surface area contributed by atoms with Gasteiger partial charge in [0.15, 0.2) is 0 Å². The lowest BCUT2D eigenvalue weighted by atomic mass is 10.1. The lowest BCUT2D eigenvalue weighted by Gasteiger charge is -1.97. The second kappa shape index (κ2) is 4.08. The van der Waals surface area contributed by atoms with Gasteiger partial charge >= 0.3 is 0 Å². The topological polar surface area (TPSA) is 63.8 Å². The summed E-state index contributed by atoms with van der Waals surface area (Å²) in [5, 5.41) is 22.3. The molecule has 0 aliphatic carbocycles. The van der Waals surface area contributed by atoms with Crippen LogP contribution in [0.5, 0.6) is 0 Å². The summed E-state index contributed by atoms with van der Waals surface area (Å²) in [6, 6.07) is 1.96. The second-order valence-electron chi connectivity index (χ2n) is 3.48. The van der Waals surface area contributed by atoms with Crippen molar-refractivity contribution in [1.29, 1.82) is 0 Å². The molecular weight excluding hydrogens is 212 g/mol. The van der Waals surface area contributed by atoms with Crippen LogP contribution in [0, 0.1) is 0 Å². The van der Waals surface area contributed by atoms with E-state index in [-0.39, 0.29) is 6.61 Å². The number of aliphatic hydroxyl groups excluding tert-OH is 1. The summed E-state index contributed by atoms with van der Waals surface area (Å²) in [6.07, 6.45) is 1.86. The van der Waals surface area contributed by atoms with Crippen molar-refractivity contribution in [3.05, 3.63) is 23.0 Å². The van der Waals surface area contributed by atoms with Crippen molar-refractivity contribution in [1.82, 2.24) is 20.0 Å². The fraction of sp³-hybridized carbons (Fsp3) is 0.444. The number of rotatable bonds is 3. The molecule has 0 aliphatic rings. The lowest BCUT2D eigenvalue weighted by molar-refractivity contribution is 0.280. The number of aromatic nitrogens is 4. The predicted molar refractivity (Wildman–Crippen MR) is 57.0 cm³/mol. The van der Waals surface area contributed by atoms with Gasteiger partial charge < -0.3 is 5.11 Å². The second-order valence-corrected chi connectivity index (χ2v) is 4.52. The Labute approximate surface area is 91.4 Å². The van der Waals surface area contributed by atoms with Crippen molar-refractivity contribution in [2.24, 2.45) is 0 Å². The minimum Gasteiger partial charge on any atom is -0.389 e. The first-order chi connectivity index (χ1) is 7.20. The quantitative estimate of drug-likeness (QED) is 0.854. The van der Waals surface area contributed by atoms with E-state index in [2.05, 4.69) is 29.1 Å². The molecule has 15 heavy (non-hydrogen) atoms. The van der Waals surface area contributed by atoms with Gasteiger partial charge in [-0.2, -0.15) is 5.10 Å². The van der Waals surface area contributed by atoms with E-state index in [0.717, 1.165) is 5.69 Å². The molecule has 0 fully saturated rings. The minimum absolute atomic E-state index is 0.0734. The van der Waals surface area contributed by atoms with Gasteiger partial charge in [-0.15, -0.1) is 10.2 Å². The van der Waals surface area contributed by atoms with Crippen LogP contribution in [0.2, 0.25) is 0 Å². The fourth-order valence-corrected chi connectivity index (χ4v) is 1.79. The molecule has 1 N–H and O–H groups in total. The Morgan fingerprint density at radius 2 is 2.27 bits per heavy atom. The van der Waals surface area contributed by atoms with Crippen molar-refractivity contribution in [3.8, 4) is 5.13 Å². The molecule has 0 bridgehead atoms. The van der Waals surface area contributed by atoms with E-state index < -0.39 is 0 Å². The molecule has 0 amide bonds. The Hall–Kier alpha value is -1.27. The Morgan fingerprint density at radius 3 is 2.80 bits per heavy atom. The Morgan fingerprint density at radius 1 is 1.47 bits per heavy atom. The number of hydrogen-bond donors (Lipinski definition) is 1. The van der Waals surface area contributed by atoms with Crippen LogP contribution >= 0.6 is 11.3 Å². The molecule has 0 saturated carbocycles. The SMILES string of the molecule is CC(C)c1ccn(-c2nnc(CO)s2)n1. The minimum atomic E-state index is -0.0734. The van der Waals surface area contributed by atoms with Gasteiger partial charge in [0.1, 0.15) is 5.01 Å². The number of hydrogen-bond acceptors (Lipinski definition) is 5. The van der Waals surface area contributed by atoms with Crippen LogP contribution < -0.4 is 0 Å². The first-order valence-corrected chi connectivity index (χ1v) is 5.51. The molecule has 2 rings (SSSR count). The molecule has 6 heteroatoms. The molecule has 0 unspecified atom stereocenters. The van der Waals surface area contributed by atoms with Crippen LogP contribution in [0.1, 0.15) is 30.5 Å². The molecule has 2 aromatic rings. The van der Waals surface area contributed by atoms with Gasteiger partial charge in [-0.3, -0.25) is 0 Å². The van der Waals surface area contributed by atoms with Gasteiger partial charge in [-0.25, -0.2) is 4.68 Å². The van der Waals surface area contributed by atoms with Crippen LogP contribution in [0.4, 0.5) is 0 Å². The third-order valence-electron chi connectivity index (χ3n) is 1.99. The average Bonchev–Trinajstić information content (AvgIpc) is 2.86. The summed E-state index contributed by atoms with van der Waals surface area (Å²) in [4.78, 5) is 0. The zero-order valence-corrected chi connectivity index (χ0v) is 9.40. The van der Waals surface area contributed by atoms with Crippen LogP contribution in [0.25, 0.3) is 5.13 Å². The lowest BCUT2D eigenvalue weighted by Crippen LogP contribution is -1.96. The summed E-state index contributed by atoms with van der Waals surface area (Å²) in [5.74, 6) is 0.400. The smallest absolute Gasteiger partial charge is 0.232 e. The zero-order chi connectivity index (χ0) is 10.8. The Balaban J connectivity index is 2.28. The van der Waals surface area contributed by atoms with Gasteiger partial charge in [0.2, 0.25) is 5.13 Å². The van der Waals surface area contributed by atoms with Gasteiger partial charge in [-0.05, 0) is 12.0 Å². The Kier molecular flexibility index (Phi) is 2.79. The van der Waals surface area contributed by atoms with Gasteiger partial charge in [0.25, 0.3) is 0 Å². The molecule has 0 atom stereocenters. The van der Waals surface area contributed by atoms with Crippen LogP contribution in [-0.4, -0.2) is 25.1 Å². The highest BCUT2D eigenvalue weighted by Crippen LogP contribution is 2.16. The van der Waals surface area contributed by atoms with E-state index in [4.69, 9.17) is 5.11 Å². The molecular formula is C9H12N4OS. The molecule has 0 aromatic carbocycles. The molecule has 0 spiro atoms. The van der Waals surface area contributed by atoms with Crippen LogP contribution in [0.3, 0.4) is 0 Å². The van der Waals surface area contributed by atoms with Gasteiger partial charge in [0, 0.05) is 6.20 Å². The third-order valence-corrected chi connectivity index (χ3v) is 2.89. The van der Waals surface area contributed by atoms with E-state index in [9.17, 15) is 0 Å². The summed E-state index contributed by atoms with van der Waals surface area (Å²) in [6.45, 7) is 4.10. The maximum absolute atomic E-state index is 8.87. The Bertz CT molecular complexity index is 448. The highest BCUT2D eigenvalue weighted by molar-refractivity contribution is 7.13. The zero-order valence-electron chi connectivity index (χ0n) is 8.58. The largest absolute Gasteiger partial charge is 0.389 e. The van der Waals surface area contributed by atoms with E-state index in [1.165, 1.54) is 11.3 Å². The van der Waals surface area contributed by atoms with Crippen molar-refractivity contribution < 1.29 is 5.11 Å². The van der Waals surface area contributed by atoms with Crippen molar-refractivity contribution in [2.45, 2.75) is 26.4 Å². The van der Waals surface area contributed by atoms with E-state index in [1.54, 1.807) is 4.68 Å². The third kappa shape index (κ3) is 2.05. The molecule has 0 radical (unpaired) electrons. The van der Waals surface area contributed by atoms with Crippen LogP contribution in [-0.2, 0) is 6.61 Å². The van der Waals surface area contributed by atoms with E-state index in [0.29, 0.717) is 16.1 Å². The molecule has 2 heterocycles. The van der Waals surface area contributed by atoms with Gasteiger partial charge in [0.05, 0.1) is 12.3 Å². The number of nitrogens with zero attached hydrogens (tertiary/aromatic N) is 4. The number of aliphatic hydroxyl groups is 1. The van der Waals surface area contributed by atoms with Crippen molar-refractivity contribution in [2.75, 3.05) is 0 Å². The van der Waals surface area contributed by atoms with E-state index in [1.807, 2.05) is 12.3 Å². The summed E-state index contributed by atoms with van der Waals surface area (Å²) in [5.41, 5.74) is 1.02. The summed E-state index contributed by atoms with van der Waals surface area (Å²) in [7, 11) is 0. The van der Waals surface area contributed by atoms with E-state index >= 15 is 0 Å². The monoisotopic (exact) mass is 224 g/mol. The molecule has 5 nitrogen and oxygen atoms in total. The molecule has 0 aliphatic heterocycles. The predicted octanol–water partition coefficient (Wildman–Crippen LogP) is 1.34. The molecule has 2 aromatic heterocycles. The van der Waals surface area contributed by atoms with Crippen molar-refractivity contribution >= 4 is 11.3 Å². The maximum atomic E-state index is 8.87. The highest BCUT2D eigenvalue weighted by atomic mass is 32.1. The normalized spacial score (nSPS) is 11.2. The summed E-state index contributed by atoms with van der Waals surface area (Å²) < 4.78 is 1.69. The molecule has 0 saturated heterocycles. The van der Waals surface area contributed by atoms with Crippen LogP contribution in [0.15, 0.2) is 12.3 Å². The van der Waals surface area contributed by atoms with Crippen molar-refractivity contribution in [3.63, 3.8) is 0 Å². The standard InChI is InChI=1S/C9H12N4OS/c1-6(2)7-3-4-13(12-7)9-11-10-8(5-14)15-9/h3-4,6,14H,5H2,1-2H3. The summed E-state index contributed by atoms with van der Waals surface area (Å²) >= 11 is 1.34. The van der Waals surface area contributed by atoms with Gasteiger partial charge in [-0.1, -0.05) is 25.2 Å². The first kappa shape index (κ1) is 10.3.